The van der Waals surface area contributed by atoms with Gasteiger partial charge in [0.2, 0.25) is 11.8 Å². The molecule has 0 saturated carbocycles. The number of nitrogens with zero attached hydrogens (tertiary/aromatic N) is 1. The third-order valence-corrected chi connectivity index (χ3v) is 3.56. The van der Waals surface area contributed by atoms with Crippen molar-refractivity contribution in [1.29, 1.82) is 0 Å². The highest BCUT2D eigenvalue weighted by Crippen LogP contribution is 2.21. The fraction of sp³-hybridized carbons (Fsp3) is 0.333. The van der Waals surface area contributed by atoms with E-state index in [-0.39, 0.29) is 30.7 Å². The molecule has 0 aliphatic carbocycles. The summed E-state index contributed by atoms with van der Waals surface area (Å²) in [5.74, 6) is -0.283. The molecule has 1 amide bonds. The van der Waals surface area contributed by atoms with Gasteiger partial charge in [-0.05, 0) is 17.5 Å². The van der Waals surface area contributed by atoms with Crippen LogP contribution in [-0.2, 0) is 11.3 Å². The molecule has 1 N–H and O–H groups in total. The highest BCUT2D eigenvalue weighted by atomic mass is 19.4. The van der Waals surface area contributed by atoms with Crippen LogP contribution < -0.4 is 10.1 Å². The van der Waals surface area contributed by atoms with Gasteiger partial charge in [-0.25, -0.2) is 4.98 Å². The number of carbonyl (C=O) groups is 1. The first kappa shape index (κ1) is 18.8. The van der Waals surface area contributed by atoms with Crippen molar-refractivity contribution in [2.24, 2.45) is 0 Å². The van der Waals surface area contributed by atoms with E-state index in [1.54, 1.807) is 12.1 Å². The summed E-state index contributed by atoms with van der Waals surface area (Å²) in [5, 5.41) is 2.70. The van der Waals surface area contributed by atoms with Gasteiger partial charge in [-0.15, -0.1) is 0 Å². The molecule has 0 fully saturated rings. The molecule has 25 heavy (non-hydrogen) atoms. The van der Waals surface area contributed by atoms with Crippen molar-refractivity contribution >= 4 is 5.91 Å². The Kier molecular flexibility index (Phi) is 6.38. The van der Waals surface area contributed by atoms with E-state index < -0.39 is 12.8 Å². The molecule has 2 rings (SSSR count). The molecule has 0 saturated heterocycles. The van der Waals surface area contributed by atoms with E-state index in [2.05, 4.69) is 10.3 Å². The van der Waals surface area contributed by atoms with Gasteiger partial charge < -0.3 is 10.1 Å². The summed E-state index contributed by atoms with van der Waals surface area (Å²) in [5.41, 5.74) is 1.45. The SMILES string of the molecule is CC(CC(=O)NCc1cccnc1OCC(F)(F)F)c1ccccc1. The Morgan fingerprint density at radius 1 is 1.20 bits per heavy atom. The molecule has 7 heteroatoms. The number of pyridine rings is 1. The average Bonchev–Trinajstić information content (AvgIpc) is 2.59. The summed E-state index contributed by atoms with van der Waals surface area (Å²) in [4.78, 5) is 15.9. The molecule has 134 valence electrons. The lowest BCUT2D eigenvalue weighted by Crippen LogP contribution is -2.25. The van der Waals surface area contributed by atoms with Gasteiger partial charge in [0, 0.05) is 24.7 Å². The van der Waals surface area contributed by atoms with E-state index in [1.165, 1.54) is 6.20 Å². The molecule has 2 aromatic rings. The van der Waals surface area contributed by atoms with Gasteiger partial charge in [-0.2, -0.15) is 13.2 Å². The minimum atomic E-state index is -4.44. The number of hydrogen-bond acceptors (Lipinski definition) is 3. The number of ether oxygens (including phenoxy) is 1. The summed E-state index contributed by atoms with van der Waals surface area (Å²) < 4.78 is 41.5. The van der Waals surface area contributed by atoms with Gasteiger partial charge in [0.25, 0.3) is 0 Å². The minimum Gasteiger partial charge on any atom is -0.468 e. The maximum Gasteiger partial charge on any atom is 0.422 e. The smallest absolute Gasteiger partial charge is 0.422 e. The monoisotopic (exact) mass is 352 g/mol. The topological polar surface area (TPSA) is 51.2 Å². The molecular formula is C18H19F3N2O2. The van der Waals surface area contributed by atoms with Crippen molar-refractivity contribution in [1.82, 2.24) is 10.3 Å². The molecule has 1 aromatic carbocycles. The van der Waals surface area contributed by atoms with E-state index in [9.17, 15) is 18.0 Å². The highest BCUT2D eigenvalue weighted by molar-refractivity contribution is 5.76. The zero-order valence-corrected chi connectivity index (χ0v) is 13.7. The molecule has 1 unspecified atom stereocenters. The number of nitrogens with one attached hydrogen (secondary N) is 1. The molecule has 0 bridgehead atoms. The fourth-order valence-electron chi connectivity index (χ4n) is 2.28. The Bertz CT molecular complexity index is 690. The van der Waals surface area contributed by atoms with E-state index in [1.807, 2.05) is 37.3 Å². The molecule has 0 aliphatic rings. The molecule has 4 nitrogen and oxygen atoms in total. The molecule has 1 atom stereocenters. The number of rotatable bonds is 7. The third-order valence-electron chi connectivity index (χ3n) is 3.56. The van der Waals surface area contributed by atoms with E-state index in [0.717, 1.165) is 5.56 Å². The standard InChI is InChI=1S/C18H19F3N2O2/c1-13(14-6-3-2-4-7-14)10-16(24)23-11-15-8-5-9-22-17(15)25-12-18(19,20)21/h2-9,13H,10-12H2,1H3,(H,23,24). The summed E-state index contributed by atoms with van der Waals surface area (Å²) in [7, 11) is 0. The van der Waals surface area contributed by atoms with Crippen molar-refractivity contribution in [3.8, 4) is 5.88 Å². The lowest BCUT2D eigenvalue weighted by atomic mass is 9.97. The molecular weight excluding hydrogens is 333 g/mol. The molecule has 0 aliphatic heterocycles. The lowest BCUT2D eigenvalue weighted by Gasteiger charge is -2.14. The lowest BCUT2D eigenvalue weighted by molar-refractivity contribution is -0.154. The molecule has 0 radical (unpaired) electrons. The normalized spacial score (nSPS) is 12.5. The molecule has 0 spiro atoms. The van der Waals surface area contributed by atoms with Crippen LogP contribution in [0.1, 0.15) is 30.4 Å². The summed E-state index contributed by atoms with van der Waals surface area (Å²) in [6.45, 7) is 0.578. The zero-order chi connectivity index (χ0) is 18.3. The molecule has 1 heterocycles. The third kappa shape index (κ3) is 6.45. The van der Waals surface area contributed by atoms with Crippen LogP contribution >= 0.6 is 0 Å². The second kappa shape index (κ2) is 8.50. The van der Waals surface area contributed by atoms with Crippen LogP contribution in [0.5, 0.6) is 5.88 Å². The van der Waals surface area contributed by atoms with Gasteiger partial charge in [0.05, 0.1) is 0 Å². The Hall–Kier alpha value is -2.57. The van der Waals surface area contributed by atoms with E-state index >= 15 is 0 Å². The largest absolute Gasteiger partial charge is 0.468 e. The quantitative estimate of drug-likeness (QED) is 0.824. The summed E-state index contributed by atoms with van der Waals surface area (Å²) in [6, 6.07) is 12.8. The number of alkyl halides is 3. The van der Waals surface area contributed by atoms with Crippen LogP contribution in [0.2, 0.25) is 0 Å². The zero-order valence-electron chi connectivity index (χ0n) is 13.7. The number of halogens is 3. The van der Waals surface area contributed by atoms with Crippen molar-refractivity contribution in [3.63, 3.8) is 0 Å². The number of hydrogen-bond donors (Lipinski definition) is 1. The first-order valence-corrected chi connectivity index (χ1v) is 7.80. The molecule has 1 aromatic heterocycles. The number of benzene rings is 1. The fourth-order valence-corrected chi connectivity index (χ4v) is 2.28. The van der Waals surface area contributed by atoms with Crippen LogP contribution in [0.25, 0.3) is 0 Å². The predicted molar refractivity (Wildman–Crippen MR) is 87.1 cm³/mol. The Morgan fingerprint density at radius 2 is 1.92 bits per heavy atom. The Labute approximate surface area is 144 Å². The summed E-state index contributed by atoms with van der Waals surface area (Å²) >= 11 is 0. The number of carbonyl (C=O) groups excluding carboxylic acids is 1. The van der Waals surface area contributed by atoms with Crippen LogP contribution in [0.3, 0.4) is 0 Å². The average molecular weight is 352 g/mol. The van der Waals surface area contributed by atoms with Gasteiger partial charge in [0.15, 0.2) is 6.61 Å². The van der Waals surface area contributed by atoms with Crippen LogP contribution in [-0.4, -0.2) is 23.7 Å². The Balaban J connectivity index is 1.89. The second-order valence-electron chi connectivity index (χ2n) is 5.66. The van der Waals surface area contributed by atoms with Gasteiger partial charge >= 0.3 is 6.18 Å². The van der Waals surface area contributed by atoms with Gasteiger partial charge in [0.1, 0.15) is 0 Å². The van der Waals surface area contributed by atoms with Crippen LogP contribution in [0.15, 0.2) is 48.7 Å². The first-order chi connectivity index (χ1) is 11.8. The minimum absolute atomic E-state index is 0.0380. The van der Waals surface area contributed by atoms with Crippen molar-refractivity contribution < 1.29 is 22.7 Å². The van der Waals surface area contributed by atoms with Crippen molar-refractivity contribution in [2.45, 2.75) is 32.0 Å². The van der Waals surface area contributed by atoms with Gasteiger partial charge in [-0.3, -0.25) is 4.79 Å². The van der Waals surface area contributed by atoms with Crippen LogP contribution in [0, 0.1) is 0 Å². The maximum atomic E-state index is 12.3. The van der Waals surface area contributed by atoms with Crippen molar-refractivity contribution in [2.75, 3.05) is 6.61 Å². The predicted octanol–water partition coefficient (Wildman–Crippen LogP) is 3.83. The van der Waals surface area contributed by atoms with E-state index in [0.29, 0.717) is 5.56 Å². The maximum absolute atomic E-state index is 12.3. The highest BCUT2D eigenvalue weighted by Gasteiger charge is 2.29. The van der Waals surface area contributed by atoms with Gasteiger partial charge in [-0.1, -0.05) is 43.3 Å². The number of aromatic nitrogens is 1. The van der Waals surface area contributed by atoms with Crippen molar-refractivity contribution in [3.05, 3.63) is 59.8 Å². The first-order valence-electron chi connectivity index (χ1n) is 7.80. The van der Waals surface area contributed by atoms with Crippen LogP contribution in [0.4, 0.5) is 13.2 Å². The number of amides is 1. The summed E-state index contributed by atoms with van der Waals surface area (Å²) in [6.07, 6.45) is -2.82. The van der Waals surface area contributed by atoms with E-state index in [4.69, 9.17) is 4.74 Å². The second-order valence-corrected chi connectivity index (χ2v) is 5.66. The Morgan fingerprint density at radius 3 is 2.60 bits per heavy atom.